The molecule has 1 saturated heterocycles. The van der Waals surface area contributed by atoms with Crippen LogP contribution >= 0.6 is 11.3 Å². The van der Waals surface area contributed by atoms with Gasteiger partial charge in [0.05, 0.1) is 12.1 Å². The summed E-state index contributed by atoms with van der Waals surface area (Å²) in [6.45, 7) is 10.7. The quantitative estimate of drug-likeness (QED) is 0.698. The SMILES string of the molecule is Cc1ccc(N2CCN(C(=O)Cc3c(C)[nH]n(-c4nc(C)c(C)s4)c3=O)CC2)cc1. The predicted molar refractivity (Wildman–Crippen MR) is 120 cm³/mol. The zero-order chi connectivity index (χ0) is 21.4. The Morgan fingerprint density at radius 2 is 1.73 bits per heavy atom. The van der Waals surface area contributed by atoms with Crippen molar-refractivity contribution in [1.82, 2.24) is 19.7 Å². The van der Waals surface area contributed by atoms with Crippen LogP contribution in [0, 0.1) is 27.7 Å². The monoisotopic (exact) mass is 425 g/mol. The fourth-order valence-electron chi connectivity index (χ4n) is 3.71. The minimum absolute atomic E-state index is 0.00333. The van der Waals surface area contributed by atoms with Crippen LogP contribution in [-0.4, -0.2) is 51.8 Å². The molecule has 1 N–H and O–H groups in total. The van der Waals surface area contributed by atoms with Gasteiger partial charge in [0.1, 0.15) is 0 Å². The average molecular weight is 426 g/mol. The fraction of sp³-hybridized carbons (Fsp3) is 0.409. The zero-order valence-electron chi connectivity index (χ0n) is 17.9. The van der Waals surface area contributed by atoms with Crippen LogP contribution in [0.4, 0.5) is 5.69 Å². The standard InChI is InChI=1S/C22H27N5O2S/c1-14-5-7-18(8-6-14)25-9-11-26(12-10-25)20(28)13-19-16(3)24-27(21(19)29)22-23-15(2)17(4)30-22/h5-8,24H,9-13H2,1-4H3. The summed E-state index contributed by atoms with van der Waals surface area (Å²) in [4.78, 5) is 35.5. The van der Waals surface area contributed by atoms with E-state index in [-0.39, 0.29) is 17.9 Å². The van der Waals surface area contributed by atoms with Gasteiger partial charge in [-0.1, -0.05) is 29.0 Å². The van der Waals surface area contributed by atoms with Crippen molar-refractivity contribution in [2.24, 2.45) is 0 Å². The smallest absolute Gasteiger partial charge is 0.277 e. The molecule has 1 aliphatic heterocycles. The van der Waals surface area contributed by atoms with Crippen molar-refractivity contribution in [2.75, 3.05) is 31.1 Å². The van der Waals surface area contributed by atoms with Gasteiger partial charge in [-0.25, -0.2) is 4.98 Å². The largest absolute Gasteiger partial charge is 0.368 e. The van der Waals surface area contributed by atoms with Crippen LogP contribution in [0.15, 0.2) is 29.1 Å². The number of anilines is 1. The topological polar surface area (TPSA) is 74.2 Å². The Hall–Kier alpha value is -2.87. The van der Waals surface area contributed by atoms with E-state index in [4.69, 9.17) is 0 Å². The summed E-state index contributed by atoms with van der Waals surface area (Å²) < 4.78 is 1.46. The van der Waals surface area contributed by atoms with Crippen molar-refractivity contribution in [2.45, 2.75) is 34.1 Å². The molecular weight excluding hydrogens is 398 g/mol. The molecule has 2 aromatic heterocycles. The molecule has 0 unspecified atom stereocenters. The highest BCUT2D eigenvalue weighted by Crippen LogP contribution is 2.20. The first-order chi connectivity index (χ1) is 14.3. The third kappa shape index (κ3) is 3.92. The number of amides is 1. The normalized spacial score (nSPS) is 14.4. The van der Waals surface area contributed by atoms with Gasteiger partial charge in [-0.2, -0.15) is 4.68 Å². The van der Waals surface area contributed by atoms with Crippen molar-refractivity contribution in [3.8, 4) is 5.13 Å². The number of hydrogen-bond acceptors (Lipinski definition) is 5. The van der Waals surface area contributed by atoms with Crippen molar-refractivity contribution >= 4 is 22.9 Å². The number of carbonyl (C=O) groups is 1. The Labute approximate surface area is 179 Å². The lowest BCUT2D eigenvalue weighted by molar-refractivity contribution is -0.130. The van der Waals surface area contributed by atoms with Crippen LogP contribution < -0.4 is 10.5 Å². The average Bonchev–Trinajstić information content (AvgIpc) is 3.21. The summed E-state index contributed by atoms with van der Waals surface area (Å²) in [5.74, 6) is -0.00333. The highest BCUT2D eigenvalue weighted by Gasteiger charge is 2.24. The van der Waals surface area contributed by atoms with Crippen LogP contribution in [-0.2, 0) is 11.2 Å². The van der Waals surface area contributed by atoms with Crippen molar-refractivity contribution in [3.63, 3.8) is 0 Å². The van der Waals surface area contributed by atoms with Crippen molar-refractivity contribution in [1.29, 1.82) is 0 Å². The number of aryl methyl sites for hydroxylation is 4. The molecule has 0 spiro atoms. The third-order valence-electron chi connectivity index (χ3n) is 5.76. The number of benzene rings is 1. The van der Waals surface area contributed by atoms with Crippen LogP contribution in [0.5, 0.6) is 0 Å². The van der Waals surface area contributed by atoms with Gasteiger partial charge in [-0.15, -0.1) is 0 Å². The van der Waals surface area contributed by atoms with E-state index in [0.29, 0.717) is 23.8 Å². The molecular formula is C22H27N5O2S. The molecule has 1 aliphatic rings. The van der Waals surface area contributed by atoms with Crippen LogP contribution in [0.1, 0.15) is 27.4 Å². The van der Waals surface area contributed by atoms with E-state index < -0.39 is 0 Å². The van der Waals surface area contributed by atoms with E-state index in [1.807, 2.05) is 25.7 Å². The van der Waals surface area contributed by atoms with Gasteiger partial charge >= 0.3 is 0 Å². The Bertz CT molecular complexity index is 1100. The molecule has 3 aromatic rings. The molecule has 0 radical (unpaired) electrons. The highest BCUT2D eigenvalue weighted by atomic mass is 32.1. The van der Waals surface area contributed by atoms with Crippen LogP contribution in [0.3, 0.4) is 0 Å². The minimum Gasteiger partial charge on any atom is -0.368 e. The lowest BCUT2D eigenvalue weighted by atomic mass is 10.1. The van der Waals surface area contributed by atoms with Gasteiger partial charge in [0.25, 0.3) is 5.56 Å². The number of H-pyrrole nitrogens is 1. The first kappa shape index (κ1) is 20.4. The maximum Gasteiger partial charge on any atom is 0.277 e. The first-order valence-electron chi connectivity index (χ1n) is 10.2. The van der Waals surface area contributed by atoms with Crippen molar-refractivity contribution in [3.05, 3.63) is 62.0 Å². The van der Waals surface area contributed by atoms with Gasteiger partial charge in [0, 0.05) is 48.0 Å². The zero-order valence-corrected chi connectivity index (χ0v) is 18.7. The highest BCUT2D eigenvalue weighted by molar-refractivity contribution is 7.14. The first-order valence-corrected chi connectivity index (χ1v) is 11.0. The number of nitrogens with one attached hydrogen (secondary N) is 1. The van der Waals surface area contributed by atoms with E-state index in [1.54, 1.807) is 0 Å². The number of aromatic nitrogens is 3. The van der Waals surface area contributed by atoms with Gasteiger partial charge in [0.15, 0.2) is 0 Å². The van der Waals surface area contributed by atoms with E-state index in [9.17, 15) is 9.59 Å². The maximum absolute atomic E-state index is 12.9. The number of aromatic amines is 1. The molecule has 30 heavy (non-hydrogen) atoms. The molecule has 1 amide bonds. The number of piperazine rings is 1. The molecule has 0 atom stereocenters. The lowest BCUT2D eigenvalue weighted by Crippen LogP contribution is -2.49. The lowest BCUT2D eigenvalue weighted by Gasteiger charge is -2.36. The molecule has 8 heteroatoms. The van der Waals surface area contributed by atoms with E-state index in [0.717, 1.165) is 29.4 Å². The number of nitrogens with zero attached hydrogens (tertiary/aromatic N) is 4. The molecule has 0 saturated carbocycles. The molecule has 1 fully saturated rings. The fourth-order valence-corrected chi connectivity index (χ4v) is 4.58. The summed E-state index contributed by atoms with van der Waals surface area (Å²) >= 11 is 1.47. The summed E-state index contributed by atoms with van der Waals surface area (Å²) in [7, 11) is 0. The van der Waals surface area contributed by atoms with Gasteiger partial charge in [-0.05, 0) is 39.8 Å². The summed E-state index contributed by atoms with van der Waals surface area (Å²) in [5, 5.41) is 3.70. The molecule has 4 rings (SSSR count). The number of hydrogen-bond donors (Lipinski definition) is 1. The van der Waals surface area contributed by atoms with E-state index in [1.165, 1.54) is 27.3 Å². The Morgan fingerprint density at radius 1 is 1.07 bits per heavy atom. The van der Waals surface area contributed by atoms with Gasteiger partial charge < -0.3 is 9.80 Å². The van der Waals surface area contributed by atoms with Crippen LogP contribution in [0.2, 0.25) is 0 Å². The predicted octanol–water partition coefficient (Wildman–Crippen LogP) is 2.75. The molecule has 0 aliphatic carbocycles. The second-order valence-corrected chi connectivity index (χ2v) is 9.06. The number of thiazole rings is 1. The molecule has 158 valence electrons. The molecule has 3 heterocycles. The van der Waals surface area contributed by atoms with Gasteiger partial charge in [0.2, 0.25) is 11.0 Å². The summed E-state index contributed by atoms with van der Waals surface area (Å²) in [5.41, 5.74) is 4.39. The molecule has 0 bridgehead atoms. The van der Waals surface area contributed by atoms with E-state index >= 15 is 0 Å². The second kappa shape index (κ2) is 8.10. The Balaban J connectivity index is 1.43. The Kier molecular flexibility index (Phi) is 5.51. The maximum atomic E-state index is 12.9. The third-order valence-corrected chi connectivity index (χ3v) is 6.82. The Morgan fingerprint density at radius 3 is 2.33 bits per heavy atom. The second-order valence-electron chi connectivity index (χ2n) is 7.87. The summed E-state index contributed by atoms with van der Waals surface area (Å²) in [6.07, 6.45) is 0.113. The number of rotatable bonds is 4. The van der Waals surface area contributed by atoms with Crippen LogP contribution in [0.25, 0.3) is 5.13 Å². The van der Waals surface area contributed by atoms with E-state index in [2.05, 4.69) is 46.2 Å². The minimum atomic E-state index is -0.187. The van der Waals surface area contributed by atoms with Gasteiger partial charge in [-0.3, -0.25) is 14.7 Å². The number of carbonyl (C=O) groups excluding carboxylic acids is 1. The van der Waals surface area contributed by atoms with Crippen molar-refractivity contribution < 1.29 is 4.79 Å². The molecule has 7 nitrogen and oxygen atoms in total. The summed E-state index contributed by atoms with van der Waals surface area (Å²) in [6, 6.07) is 8.47. The molecule has 1 aromatic carbocycles.